The van der Waals surface area contributed by atoms with Crippen LogP contribution in [0.1, 0.15) is 39.0 Å². The number of nitrogens with one attached hydrogen (secondary N) is 1. The van der Waals surface area contributed by atoms with E-state index in [-0.39, 0.29) is 11.4 Å². The number of rotatable bonds is 3. The van der Waals surface area contributed by atoms with Gasteiger partial charge in [-0.2, -0.15) is 0 Å². The minimum Gasteiger partial charge on any atom is -0.382 e. The Labute approximate surface area is 79.8 Å². The van der Waals surface area contributed by atoms with Crippen molar-refractivity contribution < 1.29 is 9.53 Å². The third kappa shape index (κ3) is 2.99. The number of hydrogen-bond donors (Lipinski definition) is 1. The van der Waals surface area contributed by atoms with E-state index < -0.39 is 0 Å². The predicted molar refractivity (Wildman–Crippen MR) is 51.5 cm³/mol. The van der Waals surface area contributed by atoms with E-state index in [1.165, 1.54) is 19.3 Å². The Balaban J connectivity index is 2.55. The Bertz CT molecular complexity index is 168. The molecule has 3 nitrogen and oxygen atoms in total. The third-order valence-electron chi connectivity index (χ3n) is 2.67. The van der Waals surface area contributed by atoms with Crippen LogP contribution in [0.2, 0.25) is 0 Å². The van der Waals surface area contributed by atoms with Crippen LogP contribution in [-0.2, 0) is 9.53 Å². The van der Waals surface area contributed by atoms with Gasteiger partial charge in [0.1, 0.15) is 0 Å². The van der Waals surface area contributed by atoms with Crippen LogP contribution in [0, 0.1) is 0 Å². The van der Waals surface area contributed by atoms with Gasteiger partial charge in [0.15, 0.2) is 0 Å². The summed E-state index contributed by atoms with van der Waals surface area (Å²) in [4.78, 5) is 11.0. The first-order valence-electron chi connectivity index (χ1n) is 4.96. The van der Waals surface area contributed by atoms with Crippen molar-refractivity contribution in [2.75, 3.05) is 13.7 Å². The molecule has 0 spiro atoms. The Morgan fingerprint density at radius 2 is 2.00 bits per heavy atom. The molecule has 1 aliphatic rings. The average Bonchev–Trinajstić information content (AvgIpc) is 2.04. The summed E-state index contributed by atoms with van der Waals surface area (Å²) in [6, 6.07) is 0. The van der Waals surface area contributed by atoms with Crippen LogP contribution in [0.5, 0.6) is 0 Å². The van der Waals surface area contributed by atoms with Crippen LogP contribution < -0.4 is 5.32 Å². The van der Waals surface area contributed by atoms with Gasteiger partial charge in [-0.25, -0.2) is 0 Å². The van der Waals surface area contributed by atoms with E-state index in [1.807, 2.05) is 0 Å². The van der Waals surface area contributed by atoms with Gasteiger partial charge in [0.25, 0.3) is 0 Å². The normalized spacial score (nSPS) is 21.1. The number of hydrogen-bond acceptors (Lipinski definition) is 2. The summed E-state index contributed by atoms with van der Waals surface area (Å²) in [6.45, 7) is 2.22. The molecule has 1 saturated carbocycles. The lowest BCUT2D eigenvalue weighted by Crippen LogP contribution is -2.52. The number of carbonyl (C=O) groups excluding carboxylic acids is 1. The number of ether oxygens (including phenoxy) is 1. The molecule has 0 aromatic carbocycles. The van der Waals surface area contributed by atoms with Crippen molar-refractivity contribution in [3.63, 3.8) is 0 Å². The molecule has 0 aliphatic heterocycles. The lowest BCUT2D eigenvalue weighted by molar-refractivity contribution is -0.122. The molecule has 76 valence electrons. The molecular formula is C10H19NO2. The fraction of sp³-hybridized carbons (Fsp3) is 0.900. The van der Waals surface area contributed by atoms with Crippen LogP contribution in [-0.4, -0.2) is 25.2 Å². The van der Waals surface area contributed by atoms with Gasteiger partial charge >= 0.3 is 0 Å². The fourth-order valence-corrected chi connectivity index (χ4v) is 2.18. The van der Waals surface area contributed by atoms with Crippen LogP contribution in [0.25, 0.3) is 0 Å². The van der Waals surface area contributed by atoms with E-state index >= 15 is 0 Å². The molecule has 1 aliphatic carbocycles. The zero-order chi connectivity index (χ0) is 9.73. The summed E-state index contributed by atoms with van der Waals surface area (Å²) in [5.74, 6) is 0.0546. The second-order valence-electron chi connectivity index (χ2n) is 3.96. The van der Waals surface area contributed by atoms with Gasteiger partial charge in [-0.3, -0.25) is 4.79 Å². The van der Waals surface area contributed by atoms with Gasteiger partial charge in [-0.05, 0) is 12.8 Å². The maximum Gasteiger partial charge on any atom is 0.217 e. The quantitative estimate of drug-likeness (QED) is 0.723. The van der Waals surface area contributed by atoms with Crippen LogP contribution >= 0.6 is 0 Å². The molecule has 0 unspecified atom stereocenters. The zero-order valence-corrected chi connectivity index (χ0v) is 8.56. The van der Waals surface area contributed by atoms with E-state index in [9.17, 15) is 4.79 Å². The Morgan fingerprint density at radius 1 is 1.38 bits per heavy atom. The average molecular weight is 185 g/mol. The minimum atomic E-state index is -0.0706. The fourth-order valence-electron chi connectivity index (χ4n) is 2.18. The highest BCUT2D eigenvalue weighted by Gasteiger charge is 2.32. The van der Waals surface area contributed by atoms with Gasteiger partial charge in [-0.1, -0.05) is 19.3 Å². The molecule has 0 aromatic rings. The maximum absolute atomic E-state index is 11.0. The largest absolute Gasteiger partial charge is 0.382 e. The highest BCUT2D eigenvalue weighted by atomic mass is 16.5. The van der Waals surface area contributed by atoms with E-state index in [4.69, 9.17) is 4.74 Å². The van der Waals surface area contributed by atoms with Crippen molar-refractivity contribution in [2.24, 2.45) is 0 Å². The van der Waals surface area contributed by atoms with Gasteiger partial charge in [0.05, 0.1) is 12.1 Å². The highest BCUT2D eigenvalue weighted by Crippen LogP contribution is 2.28. The van der Waals surface area contributed by atoms with Crippen molar-refractivity contribution in [1.29, 1.82) is 0 Å². The second kappa shape index (κ2) is 4.61. The van der Waals surface area contributed by atoms with Gasteiger partial charge in [-0.15, -0.1) is 0 Å². The lowest BCUT2D eigenvalue weighted by Gasteiger charge is -2.37. The summed E-state index contributed by atoms with van der Waals surface area (Å²) in [5.41, 5.74) is -0.0706. The van der Waals surface area contributed by atoms with Crippen molar-refractivity contribution >= 4 is 5.91 Å². The van der Waals surface area contributed by atoms with Crippen LogP contribution in [0.4, 0.5) is 0 Å². The number of methoxy groups -OCH3 is 1. The van der Waals surface area contributed by atoms with E-state index in [0.29, 0.717) is 6.61 Å². The summed E-state index contributed by atoms with van der Waals surface area (Å²) in [6.07, 6.45) is 5.79. The number of amides is 1. The topological polar surface area (TPSA) is 38.3 Å². The molecule has 0 heterocycles. The van der Waals surface area contributed by atoms with E-state index in [2.05, 4.69) is 5.32 Å². The molecule has 13 heavy (non-hydrogen) atoms. The Kier molecular flexibility index (Phi) is 3.72. The summed E-state index contributed by atoms with van der Waals surface area (Å²) in [7, 11) is 1.69. The number of carbonyl (C=O) groups is 1. The Morgan fingerprint density at radius 3 is 2.46 bits per heavy atom. The second-order valence-corrected chi connectivity index (χ2v) is 3.96. The molecule has 1 amide bonds. The Hall–Kier alpha value is -0.570. The van der Waals surface area contributed by atoms with Crippen molar-refractivity contribution in [1.82, 2.24) is 5.32 Å². The molecule has 1 N–H and O–H groups in total. The molecule has 0 bridgehead atoms. The van der Waals surface area contributed by atoms with Gasteiger partial charge < -0.3 is 10.1 Å². The van der Waals surface area contributed by atoms with Crippen molar-refractivity contribution in [3.05, 3.63) is 0 Å². The van der Waals surface area contributed by atoms with Crippen LogP contribution in [0.3, 0.4) is 0 Å². The van der Waals surface area contributed by atoms with Gasteiger partial charge in [0, 0.05) is 14.0 Å². The lowest BCUT2D eigenvalue weighted by atomic mass is 9.82. The van der Waals surface area contributed by atoms with Crippen LogP contribution in [0.15, 0.2) is 0 Å². The SMILES string of the molecule is COCC1(NC(C)=O)CCCCC1. The molecular weight excluding hydrogens is 166 g/mol. The first kappa shape index (κ1) is 10.5. The molecule has 0 atom stereocenters. The maximum atomic E-state index is 11.0. The minimum absolute atomic E-state index is 0.0546. The first-order chi connectivity index (χ1) is 6.18. The summed E-state index contributed by atoms with van der Waals surface area (Å²) < 4.78 is 5.17. The molecule has 1 rings (SSSR count). The van der Waals surface area contributed by atoms with Gasteiger partial charge in [0.2, 0.25) is 5.91 Å². The third-order valence-corrected chi connectivity index (χ3v) is 2.67. The molecule has 0 aromatic heterocycles. The predicted octanol–water partition coefficient (Wildman–Crippen LogP) is 1.47. The molecule has 1 fully saturated rings. The van der Waals surface area contributed by atoms with Crippen molar-refractivity contribution in [2.45, 2.75) is 44.6 Å². The standard InChI is InChI=1S/C10H19NO2/c1-9(12)11-10(8-13-2)6-4-3-5-7-10/h3-8H2,1-2H3,(H,11,12). The van der Waals surface area contributed by atoms with E-state index in [1.54, 1.807) is 14.0 Å². The highest BCUT2D eigenvalue weighted by molar-refractivity contribution is 5.73. The monoisotopic (exact) mass is 185 g/mol. The molecule has 3 heteroatoms. The first-order valence-corrected chi connectivity index (χ1v) is 4.96. The smallest absolute Gasteiger partial charge is 0.217 e. The van der Waals surface area contributed by atoms with E-state index in [0.717, 1.165) is 12.8 Å². The van der Waals surface area contributed by atoms with Crippen molar-refractivity contribution in [3.8, 4) is 0 Å². The molecule has 0 saturated heterocycles. The summed E-state index contributed by atoms with van der Waals surface area (Å²) in [5, 5.41) is 3.03. The summed E-state index contributed by atoms with van der Waals surface area (Å²) >= 11 is 0. The zero-order valence-electron chi connectivity index (χ0n) is 8.56. The molecule has 0 radical (unpaired) electrons.